The van der Waals surface area contributed by atoms with Crippen LogP contribution in [0.1, 0.15) is 23.2 Å². The van der Waals surface area contributed by atoms with Crippen LogP contribution in [0.5, 0.6) is 5.75 Å². The number of furan rings is 1. The van der Waals surface area contributed by atoms with E-state index in [2.05, 4.69) is 4.98 Å². The molecule has 0 aromatic carbocycles. The van der Waals surface area contributed by atoms with Gasteiger partial charge in [0.25, 0.3) is 5.91 Å². The standard InChI is InChI=1S/C17H18N2O4/c20-17(12-5-8-21-11-12)19-7-9-22-16-14(19)3-4-15(16)23-13-2-1-6-18-10-13/h1-2,5-6,8,10-11,14-16H,3-4,7,9H2/t14-,15+,16+/m0/s1. The maximum absolute atomic E-state index is 12.6. The third kappa shape index (κ3) is 2.70. The van der Waals surface area contributed by atoms with Gasteiger partial charge in [0.05, 0.1) is 30.7 Å². The van der Waals surface area contributed by atoms with E-state index < -0.39 is 0 Å². The maximum Gasteiger partial charge on any atom is 0.257 e. The number of ether oxygens (including phenoxy) is 2. The predicted octanol–water partition coefficient (Wildman–Crippen LogP) is 2.13. The summed E-state index contributed by atoms with van der Waals surface area (Å²) >= 11 is 0. The fourth-order valence-corrected chi connectivity index (χ4v) is 3.44. The topological polar surface area (TPSA) is 64.8 Å². The van der Waals surface area contributed by atoms with Crippen LogP contribution in [-0.4, -0.2) is 47.2 Å². The normalized spacial score (nSPS) is 26.8. The Morgan fingerprint density at radius 2 is 2.30 bits per heavy atom. The number of carbonyl (C=O) groups excluding carboxylic acids is 1. The minimum atomic E-state index is -0.0974. The van der Waals surface area contributed by atoms with Crippen molar-refractivity contribution in [3.8, 4) is 5.75 Å². The number of amides is 1. The summed E-state index contributed by atoms with van der Waals surface area (Å²) in [6, 6.07) is 5.48. The monoisotopic (exact) mass is 314 g/mol. The summed E-state index contributed by atoms with van der Waals surface area (Å²) in [6.07, 6.45) is 8.01. The summed E-state index contributed by atoms with van der Waals surface area (Å²) in [4.78, 5) is 18.6. The zero-order chi connectivity index (χ0) is 15.6. The quantitative estimate of drug-likeness (QED) is 0.868. The molecule has 1 aliphatic heterocycles. The molecule has 2 aromatic rings. The Kier molecular flexibility index (Phi) is 3.75. The van der Waals surface area contributed by atoms with Crippen molar-refractivity contribution in [1.29, 1.82) is 0 Å². The SMILES string of the molecule is O=C(c1ccoc1)N1CCO[C@H]2[C@H](Oc3cccnc3)CC[C@@H]21. The second kappa shape index (κ2) is 6.04. The number of morpholine rings is 1. The molecule has 2 fully saturated rings. The van der Waals surface area contributed by atoms with Crippen LogP contribution in [0, 0.1) is 0 Å². The molecule has 0 unspecified atom stereocenters. The molecule has 120 valence electrons. The summed E-state index contributed by atoms with van der Waals surface area (Å²) in [5, 5.41) is 0. The molecule has 23 heavy (non-hydrogen) atoms. The van der Waals surface area contributed by atoms with Gasteiger partial charge in [0.15, 0.2) is 0 Å². The molecule has 0 N–H and O–H groups in total. The fraction of sp³-hybridized carbons (Fsp3) is 0.412. The highest BCUT2D eigenvalue weighted by Gasteiger charge is 2.45. The Balaban J connectivity index is 1.49. The highest BCUT2D eigenvalue weighted by molar-refractivity contribution is 5.94. The van der Waals surface area contributed by atoms with Crippen LogP contribution in [0.3, 0.4) is 0 Å². The molecule has 6 nitrogen and oxygen atoms in total. The van der Waals surface area contributed by atoms with Crippen LogP contribution in [0.15, 0.2) is 47.5 Å². The minimum Gasteiger partial charge on any atom is -0.486 e. The number of nitrogens with zero attached hydrogens (tertiary/aromatic N) is 2. The van der Waals surface area contributed by atoms with E-state index in [0.29, 0.717) is 18.7 Å². The third-order valence-corrected chi connectivity index (χ3v) is 4.49. The van der Waals surface area contributed by atoms with Crippen molar-refractivity contribution in [2.24, 2.45) is 0 Å². The van der Waals surface area contributed by atoms with E-state index in [1.807, 2.05) is 17.0 Å². The molecule has 0 bridgehead atoms. The zero-order valence-corrected chi connectivity index (χ0v) is 12.6. The van der Waals surface area contributed by atoms with Gasteiger partial charge in [0, 0.05) is 12.7 Å². The van der Waals surface area contributed by atoms with Crippen LogP contribution in [0.25, 0.3) is 0 Å². The molecule has 1 aliphatic carbocycles. The van der Waals surface area contributed by atoms with E-state index in [9.17, 15) is 4.79 Å². The van der Waals surface area contributed by atoms with E-state index in [0.717, 1.165) is 18.6 Å². The summed E-state index contributed by atoms with van der Waals surface area (Å²) < 4.78 is 17.0. The number of hydrogen-bond acceptors (Lipinski definition) is 5. The predicted molar refractivity (Wildman–Crippen MR) is 81.2 cm³/mol. The van der Waals surface area contributed by atoms with Gasteiger partial charge in [-0.2, -0.15) is 0 Å². The summed E-state index contributed by atoms with van der Waals surface area (Å²) in [6.45, 7) is 1.13. The van der Waals surface area contributed by atoms with E-state index in [4.69, 9.17) is 13.9 Å². The molecular weight excluding hydrogens is 296 g/mol. The molecule has 3 heterocycles. The molecule has 2 aromatic heterocycles. The maximum atomic E-state index is 12.6. The first-order valence-electron chi connectivity index (χ1n) is 7.84. The van der Waals surface area contributed by atoms with Gasteiger partial charge in [-0.05, 0) is 31.0 Å². The van der Waals surface area contributed by atoms with Crippen molar-refractivity contribution < 1.29 is 18.7 Å². The first kappa shape index (κ1) is 14.3. The van der Waals surface area contributed by atoms with Gasteiger partial charge in [0.1, 0.15) is 24.2 Å². The Labute approximate surface area is 134 Å². The number of carbonyl (C=O) groups is 1. The molecule has 0 radical (unpaired) electrons. The van der Waals surface area contributed by atoms with E-state index in [1.165, 1.54) is 12.5 Å². The lowest BCUT2D eigenvalue weighted by Gasteiger charge is -2.38. The molecule has 2 aliphatic rings. The van der Waals surface area contributed by atoms with Crippen LogP contribution >= 0.6 is 0 Å². The van der Waals surface area contributed by atoms with Gasteiger partial charge in [-0.1, -0.05) is 0 Å². The number of hydrogen-bond donors (Lipinski definition) is 0. The van der Waals surface area contributed by atoms with E-state index >= 15 is 0 Å². The average Bonchev–Trinajstić information content (AvgIpc) is 3.25. The first-order valence-corrected chi connectivity index (χ1v) is 7.84. The molecule has 1 amide bonds. The van der Waals surface area contributed by atoms with Crippen molar-refractivity contribution >= 4 is 5.91 Å². The minimum absolute atomic E-state index is 0.000854. The van der Waals surface area contributed by atoms with Crippen LogP contribution < -0.4 is 4.74 Å². The van der Waals surface area contributed by atoms with Crippen molar-refractivity contribution in [2.75, 3.05) is 13.2 Å². The molecule has 1 saturated carbocycles. The van der Waals surface area contributed by atoms with Crippen LogP contribution in [-0.2, 0) is 4.74 Å². The highest BCUT2D eigenvalue weighted by atomic mass is 16.5. The van der Waals surface area contributed by atoms with Gasteiger partial charge in [-0.25, -0.2) is 0 Å². The molecule has 1 saturated heterocycles. The lowest BCUT2D eigenvalue weighted by molar-refractivity contribution is -0.0786. The van der Waals surface area contributed by atoms with E-state index in [-0.39, 0.29) is 24.2 Å². The summed E-state index contributed by atoms with van der Waals surface area (Å²) in [7, 11) is 0. The highest BCUT2D eigenvalue weighted by Crippen LogP contribution is 2.33. The Morgan fingerprint density at radius 1 is 1.35 bits per heavy atom. The number of pyridine rings is 1. The van der Waals surface area contributed by atoms with Crippen molar-refractivity contribution in [3.63, 3.8) is 0 Å². The first-order chi connectivity index (χ1) is 11.3. The number of rotatable bonds is 3. The van der Waals surface area contributed by atoms with Gasteiger partial charge in [0.2, 0.25) is 0 Å². The molecule has 6 heteroatoms. The summed E-state index contributed by atoms with van der Waals surface area (Å²) in [5.74, 6) is 0.735. The second-order valence-corrected chi connectivity index (χ2v) is 5.84. The lowest BCUT2D eigenvalue weighted by atomic mass is 10.1. The zero-order valence-electron chi connectivity index (χ0n) is 12.6. The van der Waals surface area contributed by atoms with E-state index in [1.54, 1.807) is 18.5 Å². The lowest BCUT2D eigenvalue weighted by Crippen LogP contribution is -2.54. The van der Waals surface area contributed by atoms with Crippen molar-refractivity contribution in [3.05, 3.63) is 48.7 Å². The number of fused-ring (bicyclic) bond motifs is 1. The second-order valence-electron chi connectivity index (χ2n) is 5.84. The van der Waals surface area contributed by atoms with Gasteiger partial charge in [-0.15, -0.1) is 0 Å². The largest absolute Gasteiger partial charge is 0.486 e. The van der Waals surface area contributed by atoms with Crippen molar-refractivity contribution in [1.82, 2.24) is 9.88 Å². The average molecular weight is 314 g/mol. The molecular formula is C17H18N2O4. The Bertz CT molecular complexity index is 658. The Hall–Kier alpha value is -2.34. The van der Waals surface area contributed by atoms with Crippen LogP contribution in [0.4, 0.5) is 0 Å². The van der Waals surface area contributed by atoms with Gasteiger partial charge < -0.3 is 18.8 Å². The molecule has 0 spiro atoms. The summed E-state index contributed by atoms with van der Waals surface area (Å²) in [5.41, 5.74) is 0.585. The molecule has 3 atom stereocenters. The smallest absolute Gasteiger partial charge is 0.257 e. The molecule has 4 rings (SSSR count). The fourth-order valence-electron chi connectivity index (χ4n) is 3.44. The van der Waals surface area contributed by atoms with Crippen molar-refractivity contribution in [2.45, 2.75) is 31.1 Å². The van der Waals surface area contributed by atoms with Crippen LogP contribution in [0.2, 0.25) is 0 Å². The van der Waals surface area contributed by atoms with Gasteiger partial charge in [-0.3, -0.25) is 9.78 Å². The number of aromatic nitrogens is 1. The Morgan fingerprint density at radius 3 is 3.09 bits per heavy atom. The third-order valence-electron chi connectivity index (χ3n) is 4.49. The van der Waals surface area contributed by atoms with Gasteiger partial charge >= 0.3 is 0 Å².